The van der Waals surface area contributed by atoms with Gasteiger partial charge in [-0.3, -0.25) is 9.10 Å². The smallest absolute Gasteiger partial charge is 0.240 e. The largest absolute Gasteiger partial charge is 0.491 e. The Morgan fingerprint density at radius 3 is 2.33 bits per heavy atom. The molecule has 0 saturated carbocycles. The third kappa shape index (κ3) is 8.45. The molecule has 0 heterocycles. The van der Waals surface area contributed by atoms with E-state index < -0.39 is 10.0 Å². The van der Waals surface area contributed by atoms with Crippen molar-refractivity contribution in [2.45, 2.75) is 31.3 Å². The number of carbonyl (C=O) groups is 1. The maximum atomic E-state index is 12.3. The molecule has 0 aromatic heterocycles. The van der Waals surface area contributed by atoms with Gasteiger partial charge in [0.05, 0.1) is 18.0 Å². The van der Waals surface area contributed by atoms with Crippen LogP contribution in [0.3, 0.4) is 0 Å². The number of nitrogens with one attached hydrogen (secondary N) is 1. The van der Waals surface area contributed by atoms with E-state index in [1.807, 2.05) is 38.1 Å². The van der Waals surface area contributed by atoms with Crippen molar-refractivity contribution >= 4 is 45.0 Å². The lowest BCUT2D eigenvalue weighted by Gasteiger charge is -2.22. The second kappa shape index (κ2) is 11.5. The number of thioether (sulfide) groups is 1. The van der Waals surface area contributed by atoms with Crippen LogP contribution >= 0.6 is 23.4 Å². The first-order chi connectivity index (χ1) is 14.1. The summed E-state index contributed by atoms with van der Waals surface area (Å²) in [7, 11) is -3.61. The fourth-order valence-electron chi connectivity index (χ4n) is 2.57. The lowest BCUT2D eigenvalue weighted by molar-refractivity contribution is -0.119. The van der Waals surface area contributed by atoms with Crippen molar-refractivity contribution in [3.8, 4) is 5.75 Å². The van der Waals surface area contributed by atoms with Gasteiger partial charge in [0.1, 0.15) is 12.3 Å². The molecular weight excluding hydrogens is 444 g/mol. The summed E-state index contributed by atoms with van der Waals surface area (Å²) in [5, 5.41) is 3.48. The minimum absolute atomic E-state index is 0.0190. The molecule has 9 heteroatoms. The highest BCUT2D eigenvalue weighted by Crippen LogP contribution is 2.22. The van der Waals surface area contributed by atoms with Crippen molar-refractivity contribution in [3.63, 3.8) is 0 Å². The van der Waals surface area contributed by atoms with E-state index in [1.165, 1.54) is 0 Å². The first kappa shape index (κ1) is 24.4. The van der Waals surface area contributed by atoms with Crippen LogP contribution in [0.5, 0.6) is 5.75 Å². The lowest BCUT2D eigenvalue weighted by atomic mass is 10.3. The van der Waals surface area contributed by atoms with E-state index in [9.17, 15) is 13.2 Å². The monoisotopic (exact) mass is 470 g/mol. The highest BCUT2D eigenvalue weighted by Gasteiger charge is 2.20. The van der Waals surface area contributed by atoms with Gasteiger partial charge in [-0.2, -0.15) is 0 Å². The van der Waals surface area contributed by atoms with Gasteiger partial charge in [-0.1, -0.05) is 11.6 Å². The number of halogens is 1. The molecule has 0 fully saturated rings. The number of benzene rings is 2. The predicted octanol–water partition coefficient (Wildman–Crippen LogP) is 4.19. The molecule has 0 saturated heterocycles. The van der Waals surface area contributed by atoms with Gasteiger partial charge in [0.15, 0.2) is 0 Å². The van der Waals surface area contributed by atoms with Crippen molar-refractivity contribution in [1.82, 2.24) is 5.32 Å². The van der Waals surface area contributed by atoms with E-state index in [1.54, 1.807) is 36.0 Å². The van der Waals surface area contributed by atoms with Crippen LogP contribution in [0.25, 0.3) is 0 Å². The summed E-state index contributed by atoms with van der Waals surface area (Å²) in [5.74, 6) is 1.12. The van der Waals surface area contributed by atoms with Crippen LogP contribution in [0, 0.1) is 0 Å². The Kier molecular flexibility index (Phi) is 9.33. The molecule has 0 bridgehead atoms. The molecule has 30 heavy (non-hydrogen) atoms. The van der Waals surface area contributed by atoms with E-state index >= 15 is 0 Å². The van der Waals surface area contributed by atoms with E-state index in [4.69, 9.17) is 16.3 Å². The average Bonchev–Trinajstić information content (AvgIpc) is 2.67. The quantitative estimate of drug-likeness (QED) is 0.393. The number of ether oxygens (including phenoxy) is 1. The zero-order valence-corrected chi connectivity index (χ0v) is 19.7. The standard InChI is InChI=1S/C21H27ClN2O4S2/c1-16(2)28-19-9-7-18(8-10-19)24(30(3,26)27)15-21(25)23-13-4-14-29-20-11-5-17(22)6-12-20/h5-12,16H,4,13-15H2,1-3H3,(H,23,25). The third-order valence-electron chi connectivity index (χ3n) is 3.91. The van der Waals surface area contributed by atoms with Crippen molar-refractivity contribution in [2.75, 3.05) is 29.4 Å². The Balaban J connectivity index is 1.84. The normalized spacial score (nSPS) is 11.4. The number of nitrogens with zero attached hydrogens (tertiary/aromatic N) is 1. The Labute approximate surface area is 188 Å². The summed E-state index contributed by atoms with van der Waals surface area (Å²) in [6.45, 7) is 4.02. The molecule has 0 aliphatic heterocycles. The molecule has 164 valence electrons. The Morgan fingerprint density at radius 2 is 1.77 bits per heavy atom. The summed E-state index contributed by atoms with van der Waals surface area (Å²) in [5.41, 5.74) is 0.419. The van der Waals surface area contributed by atoms with Gasteiger partial charge in [0.2, 0.25) is 15.9 Å². The fourth-order valence-corrected chi connectivity index (χ4v) is 4.41. The van der Waals surface area contributed by atoms with Crippen molar-refractivity contribution < 1.29 is 17.9 Å². The van der Waals surface area contributed by atoms with Crippen molar-refractivity contribution in [2.24, 2.45) is 0 Å². The summed E-state index contributed by atoms with van der Waals surface area (Å²) in [6, 6.07) is 14.2. The zero-order valence-electron chi connectivity index (χ0n) is 17.3. The number of hydrogen-bond acceptors (Lipinski definition) is 5. The molecule has 2 rings (SSSR count). The Bertz CT molecular complexity index is 917. The van der Waals surface area contributed by atoms with Gasteiger partial charge in [0, 0.05) is 16.5 Å². The topological polar surface area (TPSA) is 75.7 Å². The minimum Gasteiger partial charge on any atom is -0.491 e. The average molecular weight is 471 g/mol. The molecule has 1 amide bonds. The highest BCUT2D eigenvalue weighted by molar-refractivity contribution is 7.99. The van der Waals surface area contributed by atoms with Crippen LogP contribution in [-0.4, -0.2) is 45.5 Å². The molecule has 2 aromatic carbocycles. The van der Waals surface area contributed by atoms with Crippen LogP contribution in [0.4, 0.5) is 5.69 Å². The first-order valence-corrected chi connectivity index (χ1v) is 12.8. The van der Waals surface area contributed by atoms with E-state index in [0.717, 1.165) is 27.6 Å². The van der Waals surface area contributed by atoms with Gasteiger partial charge >= 0.3 is 0 Å². The maximum absolute atomic E-state index is 12.3. The first-order valence-electron chi connectivity index (χ1n) is 9.54. The Hall–Kier alpha value is -1.90. The van der Waals surface area contributed by atoms with Crippen molar-refractivity contribution in [3.05, 3.63) is 53.6 Å². The van der Waals surface area contributed by atoms with E-state index in [-0.39, 0.29) is 18.6 Å². The second-order valence-electron chi connectivity index (χ2n) is 6.94. The van der Waals surface area contributed by atoms with Gasteiger partial charge in [-0.15, -0.1) is 11.8 Å². The van der Waals surface area contributed by atoms with Crippen LogP contribution in [0.2, 0.25) is 5.02 Å². The molecule has 0 unspecified atom stereocenters. The molecular formula is C21H27ClN2O4S2. The SMILES string of the molecule is CC(C)Oc1ccc(N(CC(=O)NCCCSc2ccc(Cl)cc2)S(C)(=O)=O)cc1. The van der Waals surface area contributed by atoms with Crippen LogP contribution in [0.15, 0.2) is 53.4 Å². The number of sulfonamides is 1. The number of anilines is 1. The molecule has 0 radical (unpaired) electrons. The molecule has 6 nitrogen and oxygen atoms in total. The highest BCUT2D eigenvalue weighted by atomic mass is 35.5. The summed E-state index contributed by atoms with van der Waals surface area (Å²) in [4.78, 5) is 13.4. The van der Waals surface area contributed by atoms with Gasteiger partial charge in [-0.05, 0) is 74.6 Å². The lowest BCUT2D eigenvalue weighted by Crippen LogP contribution is -2.40. The fraction of sp³-hybridized carbons (Fsp3) is 0.381. The summed E-state index contributed by atoms with van der Waals surface area (Å²) >= 11 is 7.54. The van der Waals surface area contributed by atoms with Gasteiger partial charge in [0.25, 0.3) is 0 Å². The molecule has 0 aliphatic carbocycles. The summed E-state index contributed by atoms with van der Waals surface area (Å²) in [6.07, 6.45) is 1.87. The molecule has 2 aromatic rings. The maximum Gasteiger partial charge on any atom is 0.240 e. The van der Waals surface area contributed by atoms with E-state index in [2.05, 4.69) is 5.32 Å². The molecule has 0 spiro atoms. The molecule has 0 atom stereocenters. The second-order valence-corrected chi connectivity index (χ2v) is 10.4. The predicted molar refractivity (Wildman–Crippen MR) is 124 cm³/mol. The number of carbonyl (C=O) groups excluding carboxylic acids is 1. The van der Waals surface area contributed by atoms with Gasteiger partial charge < -0.3 is 10.1 Å². The Morgan fingerprint density at radius 1 is 1.13 bits per heavy atom. The van der Waals surface area contributed by atoms with Crippen molar-refractivity contribution in [1.29, 1.82) is 0 Å². The van der Waals surface area contributed by atoms with Gasteiger partial charge in [-0.25, -0.2) is 8.42 Å². The third-order valence-corrected chi connectivity index (χ3v) is 6.40. The van der Waals surface area contributed by atoms with Crippen LogP contribution < -0.4 is 14.4 Å². The summed E-state index contributed by atoms with van der Waals surface area (Å²) < 4.78 is 31.0. The molecule has 0 aliphatic rings. The minimum atomic E-state index is -3.61. The van der Waals surface area contributed by atoms with E-state index in [0.29, 0.717) is 23.0 Å². The number of amides is 1. The number of rotatable bonds is 11. The molecule has 1 N–H and O–H groups in total. The zero-order chi connectivity index (χ0) is 22.1. The van der Waals surface area contributed by atoms with Crippen LogP contribution in [-0.2, 0) is 14.8 Å². The van der Waals surface area contributed by atoms with Crippen LogP contribution in [0.1, 0.15) is 20.3 Å². The number of hydrogen-bond donors (Lipinski definition) is 1.